The van der Waals surface area contributed by atoms with E-state index in [2.05, 4.69) is 17.1 Å². The van der Waals surface area contributed by atoms with Crippen molar-refractivity contribution in [1.29, 1.82) is 0 Å². The fourth-order valence-electron chi connectivity index (χ4n) is 2.14. The van der Waals surface area contributed by atoms with Gasteiger partial charge in [0.15, 0.2) is 0 Å². The molecular formula is C11H12N2O. The van der Waals surface area contributed by atoms with Crippen LogP contribution in [0, 0.1) is 6.92 Å². The Balaban J connectivity index is 2.38. The summed E-state index contributed by atoms with van der Waals surface area (Å²) in [7, 11) is 0. The highest BCUT2D eigenvalue weighted by atomic mass is 16.5. The van der Waals surface area contributed by atoms with Gasteiger partial charge in [-0.05, 0) is 31.9 Å². The van der Waals surface area contributed by atoms with E-state index in [0.717, 1.165) is 36.4 Å². The lowest BCUT2D eigenvalue weighted by Crippen LogP contribution is -2.08. The predicted octanol–water partition coefficient (Wildman–Crippen LogP) is 2.20. The number of nitrogens with one attached hydrogen (secondary N) is 1. The topological polar surface area (TPSA) is 37.9 Å². The molecule has 1 aromatic heterocycles. The van der Waals surface area contributed by atoms with Crippen molar-refractivity contribution in [3.05, 3.63) is 23.4 Å². The van der Waals surface area contributed by atoms with Crippen molar-refractivity contribution in [3.63, 3.8) is 0 Å². The maximum atomic E-state index is 5.61. The standard InChI is InChI=1S/C11H12N2O/c1-7-11-8-3-2-6-14-10(8)5-4-9(11)13-12-7/h4-5H,2-3,6H2,1H3,(H,12,13). The van der Waals surface area contributed by atoms with Crippen molar-refractivity contribution in [2.45, 2.75) is 19.8 Å². The monoisotopic (exact) mass is 188 g/mol. The van der Waals surface area contributed by atoms with Gasteiger partial charge in [-0.2, -0.15) is 5.10 Å². The van der Waals surface area contributed by atoms with Crippen LogP contribution in [0.1, 0.15) is 17.7 Å². The van der Waals surface area contributed by atoms with Crippen LogP contribution in [0.15, 0.2) is 12.1 Å². The Labute approximate surface area is 82.1 Å². The summed E-state index contributed by atoms with van der Waals surface area (Å²) < 4.78 is 5.61. The first kappa shape index (κ1) is 7.85. The van der Waals surface area contributed by atoms with Crippen LogP contribution in [0.5, 0.6) is 5.75 Å². The first-order chi connectivity index (χ1) is 6.86. The molecular weight excluding hydrogens is 176 g/mol. The lowest BCUT2D eigenvalue weighted by Gasteiger charge is -2.17. The highest BCUT2D eigenvalue weighted by molar-refractivity contribution is 5.87. The molecule has 0 bridgehead atoms. The summed E-state index contributed by atoms with van der Waals surface area (Å²) in [6.07, 6.45) is 2.21. The maximum absolute atomic E-state index is 5.61. The summed E-state index contributed by atoms with van der Waals surface area (Å²) in [5, 5.41) is 8.52. The van der Waals surface area contributed by atoms with Crippen molar-refractivity contribution in [3.8, 4) is 5.75 Å². The van der Waals surface area contributed by atoms with Crippen molar-refractivity contribution in [2.24, 2.45) is 0 Å². The molecule has 1 aromatic carbocycles. The van der Waals surface area contributed by atoms with Gasteiger partial charge in [0, 0.05) is 16.6 Å². The van der Waals surface area contributed by atoms with Crippen LogP contribution in [-0.2, 0) is 6.42 Å². The van der Waals surface area contributed by atoms with Crippen LogP contribution >= 0.6 is 0 Å². The fraction of sp³-hybridized carbons (Fsp3) is 0.364. The second kappa shape index (κ2) is 2.74. The van der Waals surface area contributed by atoms with Gasteiger partial charge in [0.05, 0.1) is 12.1 Å². The summed E-state index contributed by atoms with van der Waals surface area (Å²) in [5.74, 6) is 1.04. The van der Waals surface area contributed by atoms with E-state index in [4.69, 9.17) is 4.74 Å². The zero-order valence-corrected chi connectivity index (χ0v) is 8.13. The van der Waals surface area contributed by atoms with Gasteiger partial charge in [0.2, 0.25) is 0 Å². The summed E-state index contributed by atoms with van der Waals surface area (Å²) in [4.78, 5) is 0. The molecule has 3 nitrogen and oxygen atoms in total. The Morgan fingerprint density at radius 2 is 2.36 bits per heavy atom. The lowest BCUT2D eigenvalue weighted by atomic mass is 10.0. The smallest absolute Gasteiger partial charge is 0.123 e. The number of hydrogen-bond donors (Lipinski definition) is 1. The Hall–Kier alpha value is -1.51. The molecule has 14 heavy (non-hydrogen) atoms. The molecule has 1 aliphatic rings. The number of aromatic nitrogens is 2. The molecule has 1 aliphatic heterocycles. The van der Waals surface area contributed by atoms with Gasteiger partial charge >= 0.3 is 0 Å². The number of H-pyrrole nitrogens is 1. The number of benzene rings is 1. The molecule has 2 aromatic rings. The van der Waals surface area contributed by atoms with Crippen LogP contribution < -0.4 is 4.74 Å². The van der Waals surface area contributed by atoms with E-state index >= 15 is 0 Å². The molecule has 0 amide bonds. The maximum Gasteiger partial charge on any atom is 0.123 e. The molecule has 0 spiro atoms. The third-order valence-corrected chi connectivity index (χ3v) is 2.80. The molecule has 2 heterocycles. The van der Waals surface area contributed by atoms with Gasteiger partial charge in [0.25, 0.3) is 0 Å². The van der Waals surface area contributed by atoms with E-state index in [9.17, 15) is 0 Å². The van der Waals surface area contributed by atoms with Gasteiger partial charge in [-0.3, -0.25) is 5.10 Å². The molecule has 72 valence electrons. The summed E-state index contributed by atoms with van der Waals surface area (Å²) >= 11 is 0. The largest absolute Gasteiger partial charge is 0.493 e. The highest BCUT2D eigenvalue weighted by Gasteiger charge is 2.15. The van der Waals surface area contributed by atoms with Crippen LogP contribution in [-0.4, -0.2) is 16.8 Å². The van der Waals surface area contributed by atoms with E-state index in [0.29, 0.717) is 0 Å². The van der Waals surface area contributed by atoms with E-state index in [1.54, 1.807) is 0 Å². The van der Waals surface area contributed by atoms with Crippen molar-refractivity contribution < 1.29 is 4.74 Å². The van der Waals surface area contributed by atoms with Gasteiger partial charge in [-0.25, -0.2) is 0 Å². The number of aromatic amines is 1. The molecule has 1 N–H and O–H groups in total. The number of ether oxygens (including phenoxy) is 1. The molecule has 0 fully saturated rings. The Morgan fingerprint density at radius 1 is 1.43 bits per heavy atom. The third kappa shape index (κ3) is 0.953. The molecule has 0 atom stereocenters. The fourth-order valence-corrected chi connectivity index (χ4v) is 2.14. The molecule has 0 saturated carbocycles. The minimum absolute atomic E-state index is 0.843. The second-order valence-corrected chi connectivity index (χ2v) is 3.74. The summed E-state index contributed by atoms with van der Waals surface area (Å²) in [5.41, 5.74) is 3.51. The van der Waals surface area contributed by atoms with E-state index < -0.39 is 0 Å². The Bertz CT molecular complexity index is 487. The minimum atomic E-state index is 0.843. The van der Waals surface area contributed by atoms with Gasteiger partial charge in [-0.1, -0.05) is 0 Å². The molecule has 0 saturated heterocycles. The lowest BCUT2D eigenvalue weighted by molar-refractivity contribution is 0.289. The van der Waals surface area contributed by atoms with Crippen LogP contribution in [0.3, 0.4) is 0 Å². The number of rotatable bonds is 0. The highest BCUT2D eigenvalue weighted by Crippen LogP contribution is 2.32. The molecule has 3 heteroatoms. The normalized spacial score (nSPS) is 15.2. The first-order valence-corrected chi connectivity index (χ1v) is 4.95. The number of hydrogen-bond acceptors (Lipinski definition) is 2. The molecule has 3 rings (SSSR count). The molecule has 0 unspecified atom stereocenters. The van der Waals surface area contributed by atoms with Crippen molar-refractivity contribution >= 4 is 10.9 Å². The van der Waals surface area contributed by atoms with Gasteiger partial charge in [-0.15, -0.1) is 0 Å². The average Bonchev–Trinajstić information content (AvgIpc) is 2.61. The molecule has 0 aliphatic carbocycles. The SMILES string of the molecule is Cc1[nH]nc2ccc3c(c12)CCCO3. The van der Waals surface area contributed by atoms with Gasteiger partial charge < -0.3 is 4.74 Å². The zero-order valence-electron chi connectivity index (χ0n) is 8.13. The Morgan fingerprint density at radius 3 is 3.29 bits per heavy atom. The van der Waals surface area contributed by atoms with Crippen LogP contribution in [0.2, 0.25) is 0 Å². The van der Waals surface area contributed by atoms with E-state index in [-0.39, 0.29) is 0 Å². The minimum Gasteiger partial charge on any atom is -0.493 e. The zero-order chi connectivity index (χ0) is 9.54. The quantitative estimate of drug-likeness (QED) is 0.688. The van der Waals surface area contributed by atoms with E-state index in [1.807, 2.05) is 12.1 Å². The van der Waals surface area contributed by atoms with Crippen LogP contribution in [0.25, 0.3) is 10.9 Å². The number of fused-ring (bicyclic) bond motifs is 3. The summed E-state index contributed by atoms with van der Waals surface area (Å²) in [6, 6.07) is 4.04. The van der Waals surface area contributed by atoms with Gasteiger partial charge in [0.1, 0.15) is 5.75 Å². The Kier molecular flexibility index (Phi) is 1.54. The molecule has 0 radical (unpaired) electrons. The summed E-state index contributed by atoms with van der Waals surface area (Å²) in [6.45, 7) is 2.90. The number of nitrogens with zero attached hydrogens (tertiary/aromatic N) is 1. The predicted molar refractivity (Wildman–Crippen MR) is 54.6 cm³/mol. The second-order valence-electron chi connectivity index (χ2n) is 3.74. The average molecular weight is 188 g/mol. The first-order valence-electron chi connectivity index (χ1n) is 4.95. The van der Waals surface area contributed by atoms with Crippen molar-refractivity contribution in [1.82, 2.24) is 10.2 Å². The van der Waals surface area contributed by atoms with E-state index in [1.165, 1.54) is 10.9 Å². The number of aryl methyl sites for hydroxylation is 2. The van der Waals surface area contributed by atoms with Crippen LogP contribution in [0.4, 0.5) is 0 Å². The third-order valence-electron chi connectivity index (χ3n) is 2.80. The van der Waals surface area contributed by atoms with Crippen molar-refractivity contribution in [2.75, 3.05) is 6.61 Å².